The molecule has 7 heteroatoms. The van der Waals surface area contributed by atoms with E-state index in [0.29, 0.717) is 12.2 Å². The van der Waals surface area contributed by atoms with Crippen LogP contribution in [0.25, 0.3) is 0 Å². The normalized spacial score (nSPS) is 17.0. The number of aryl methyl sites for hydroxylation is 1. The summed E-state index contributed by atoms with van der Waals surface area (Å²) in [5, 5.41) is 3.24. The SMILES string of the molecule is Cc1cc(F)ccc1S(=O)(=O)NCCOC1CCNCC1. The van der Waals surface area contributed by atoms with Crippen molar-refractivity contribution in [1.29, 1.82) is 0 Å². The van der Waals surface area contributed by atoms with Gasteiger partial charge in [-0.3, -0.25) is 0 Å². The van der Waals surface area contributed by atoms with E-state index < -0.39 is 15.8 Å². The Kier molecular flexibility index (Phi) is 5.69. The Labute approximate surface area is 124 Å². The lowest BCUT2D eigenvalue weighted by Crippen LogP contribution is -2.35. The van der Waals surface area contributed by atoms with Gasteiger partial charge in [-0.25, -0.2) is 17.5 Å². The van der Waals surface area contributed by atoms with Crippen molar-refractivity contribution in [2.45, 2.75) is 30.8 Å². The molecule has 21 heavy (non-hydrogen) atoms. The molecule has 0 unspecified atom stereocenters. The Hall–Kier alpha value is -1.02. The number of nitrogens with one attached hydrogen (secondary N) is 2. The summed E-state index contributed by atoms with van der Waals surface area (Å²) in [6.07, 6.45) is 2.09. The minimum absolute atomic E-state index is 0.103. The van der Waals surface area contributed by atoms with Crippen LogP contribution in [0.15, 0.2) is 23.1 Å². The highest BCUT2D eigenvalue weighted by atomic mass is 32.2. The van der Waals surface area contributed by atoms with Gasteiger partial charge < -0.3 is 10.1 Å². The lowest BCUT2D eigenvalue weighted by molar-refractivity contribution is 0.0367. The van der Waals surface area contributed by atoms with Crippen molar-refractivity contribution in [2.75, 3.05) is 26.2 Å². The van der Waals surface area contributed by atoms with Crippen molar-refractivity contribution in [1.82, 2.24) is 10.0 Å². The summed E-state index contributed by atoms with van der Waals surface area (Å²) < 4.78 is 45.4. The van der Waals surface area contributed by atoms with Gasteiger partial charge in [0, 0.05) is 6.54 Å². The van der Waals surface area contributed by atoms with Gasteiger partial charge >= 0.3 is 0 Å². The van der Waals surface area contributed by atoms with Crippen molar-refractivity contribution in [3.8, 4) is 0 Å². The monoisotopic (exact) mass is 316 g/mol. The van der Waals surface area contributed by atoms with Crippen LogP contribution in [-0.2, 0) is 14.8 Å². The second kappa shape index (κ2) is 7.31. The molecule has 0 aliphatic carbocycles. The number of hydrogen-bond acceptors (Lipinski definition) is 4. The van der Waals surface area contributed by atoms with E-state index in [9.17, 15) is 12.8 Å². The molecule has 118 valence electrons. The van der Waals surface area contributed by atoms with E-state index in [1.165, 1.54) is 12.1 Å². The number of benzene rings is 1. The fourth-order valence-corrected chi connectivity index (χ4v) is 3.59. The molecule has 1 saturated heterocycles. The van der Waals surface area contributed by atoms with Crippen LogP contribution >= 0.6 is 0 Å². The molecular weight excluding hydrogens is 295 g/mol. The molecule has 0 aromatic heterocycles. The molecule has 1 aromatic carbocycles. The highest BCUT2D eigenvalue weighted by Crippen LogP contribution is 2.15. The van der Waals surface area contributed by atoms with E-state index in [2.05, 4.69) is 10.0 Å². The third-order valence-electron chi connectivity index (χ3n) is 3.46. The van der Waals surface area contributed by atoms with E-state index in [0.717, 1.165) is 32.0 Å². The summed E-state index contributed by atoms with van der Waals surface area (Å²) in [7, 11) is -3.62. The zero-order valence-corrected chi connectivity index (χ0v) is 12.9. The number of ether oxygens (including phenoxy) is 1. The number of piperidine rings is 1. The highest BCUT2D eigenvalue weighted by Gasteiger charge is 2.17. The molecule has 5 nitrogen and oxygen atoms in total. The third-order valence-corrected chi connectivity index (χ3v) is 5.08. The molecule has 0 amide bonds. The minimum atomic E-state index is -3.62. The number of rotatable bonds is 6. The van der Waals surface area contributed by atoms with Gasteiger partial charge in [0.2, 0.25) is 10.0 Å². The number of halogens is 1. The second-order valence-corrected chi connectivity index (χ2v) is 6.86. The maximum absolute atomic E-state index is 13.0. The van der Waals surface area contributed by atoms with E-state index in [1.807, 2.05) is 0 Å². The van der Waals surface area contributed by atoms with Gasteiger partial charge in [-0.2, -0.15) is 0 Å². The molecule has 1 fully saturated rings. The molecule has 0 atom stereocenters. The van der Waals surface area contributed by atoms with Gasteiger partial charge in [0.1, 0.15) is 5.82 Å². The first-order valence-corrected chi connectivity index (χ1v) is 8.55. The molecule has 2 rings (SSSR count). The molecule has 0 radical (unpaired) electrons. The molecular formula is C14H21FN2O3S. The molecule has 2 N–H and O–H groups in total. The summed E-state index contributed by atoms with van der Waals surface area (Å²) in [6.45, 7) is 3.99. The summed E-state index contributed by atoms with van der Waals surface area (Å²) >= 11 is 0. The van der Waals surface area contributed by atoms with Crippen LogP contribution in [0.2, 0.25) is 0 Å². The van der Waals surface area contributed by atoms with Crippen LogP contribution in [0.1, 0.15) is 18.4 Å². The molecule has 1 heterocycles. The van der Waals surface area contributed by atoms with Crippen LogP contribution in [0.4, 0.5) is 4.39 Å². The van der Waals surface area contributed by atoms with Crippen LogP contribution in [0.3, 0.4) is 0 Å². The second-order valence-electron chi connectivity index (χ2n) is 5.13. The van der Waals surface area contributed by atoms with E-state index in [1.54, 1.807) is 6.92 Å². The first-order valence-electron chi connectivity index (χ1n) is 7.07. The van der Waals surface area contributed by atoms with Crippen LogP contribution in [0.5, 0.6) is 0 Å². The van der Waals surface area contributed by atoms with Crippen LogP contribution < -0.4 is 10.0 Å². The topological polar surface area (TPSA) is 67.4 Å². The van der Waals surface area contributed by atoms with Gasteiger partial charge in [-0.15, -0.1) is 0 Å². The van der Waals surface area contributed by atoms with Gasteiger partial charge in [0.05, 0.1) is 17.6 Å². The van der Waals surface area contributed by atoms with Crippen LogP contribution in [0, 0.1) is 12.7 Å². The van der Waals surface area contributed by atoms with E-state index >= 15 is 0 Å². The maximum Gasteiger partial charge on any atom is 0.240 e. The Morgan fingerprint density at radius 3 is 2.76 bits per heavy atom. The minimum Gasteiger partial charge on any atom is -0.377 e. The summed E-state index contributed by atoms with van der Waals surface area (Å²) in [5.74, 6) is -0.444. The molecule has 1 aliphatic heterocycles. The van der Waals surface area contributed by atoms with Crippen molar-refractivity contribution in [3.05, 3.63) is 29.6 Å². The summed E-state index contributed by atoms with van der Waals surface area (Å²) in [6, 6.07) is 3.63. The van der Waals surface area contributed by atoms with Crippen molar-refractivity contribution in [3.63, 3.8) is 0 Å². The average Bonchev–Trinajstić information content (AvgIpc) is 2.44. The predicted octanol–water partition coefficient (Wildman–Crippen LogP) is 1.18. The van der Waals surface area contributed by atoms with Crippen molar-refractivity contribution >= 4 is 10.0 Å². The number of hydrogen-bond donors (Lipinski definition) is 2. The summed E-state index contributed by atoms with van der Waals surface area (Å²) in [4.78, 5) is 0.103. The highest BCUT2D eigenvalue weighted by molar-refractivity contribution is 7.89. The molecule has 1 aromatic rings. The van der Waals surface area contributed by atoms with Gasteiger partial charge in [0.15, 0.2) is 0 Å². The molecule has 0 bridgehead atoms. The average molecular weight is 316 g/mol. The Bertz CT molecular complexity index is 572. The number of sulfonamides is 1. The standard InChI is InChI=1S/C14H21FN2O3S/c1-11-10-12(15)2-3-14(11)21(18,19)17-8-9-20-13-4-6-16-7-5-13/h2-3,10,13,16-17H,4-9H2,1H3. The first kappa shape index (κ1) is 16.4. The Balaban J connectivity index is 1.83. The molecule has 0 spiro atoms. The summed E-state index contributed by atoms with van der Waals surface area (Å²) in [5.41, 5.74) is 0.391. The lowest BCUT2D eigenvalue weighted by Gasteiger charge is -2.23. The maximum atomic E-state index is 13.0. The largest absolute Gasteiger partial charge is 0.377 e. The molecule has 1 aliphatic rings. The van der Waals surface area contributed by atoms with Crippen molar-refractivity contribution < 1.29 is 17.5 Å². The van der Waals surface area contributed by atoms with Crippen LogP contribution in [-0.4, -0.2) is 40.8 Å². The lowest BCUT2D eigenvalue weighted by atomic mass is 10.1. The third kappa shape index (κ3) is 4.74. The van der Waals surface area contributed by atoms with E-state index in [-0.39, 0.29) is 17.5 Å². The fourth-order valence-electron chi connectivity index (χ4n) is 2.36. The van der Waals surface area contributed by atoms with Crippen molar-refractivity contribution in [2.24, 2.45) is 0 Å². The zero-order valence-electron chi connectivity index (χ0n) is 12.1. The molecule has 0 saturated carbocycles. The zero-order chi connectivity index (χ0) is 15.3. The predicted molar refractivity (Wildman–Crippen MR) is 78.2 cm³/mol. The first-order chi connectivity index (χ1) is 9.99. The Morgan fingerprint density at radius 2 is 2.10 bits per heavy atom. The smallest absolute Gasteiger partial charge is 0.240 e. The Morgan fingerprint density at radius 1 is 1.38 bits per heavy atom. The fraction of sp³-hybridized carbons (Fsp3) is 0.571. The van der Waals surface area contributed by atoms with Gasteiger partial charge in [-0.1, -0.05) is 0 Å². The quantitative estimate of drug-likeness (QED) is 0.774. The van der Waals surface area contributed by atoms with Gasteiger partial charge in [0.25, 0.3) is 0 Å². The van der Waals surface area contributed by atoms with Gasteiger partial charge in [-0.05, 0) is 56.6 Å². The van der Waals surface area contributed by atoms with E-state index in [4.69, 9.17) is 4.74 Å².